The molecule has 0 unspecified atom stereocenters. The van der Waals surface area contributed by atoms with Crippen molar-refractivity contribution in [1.82, 2.24) is 58.6 Å². The molecule has 3 aliphatic rings. The van der Waals surface area contributed by atoms with Gasteiger partial charge in [-0.3, -0.25) is 14.4 Å². The summed E-state index contributed by atoms with van der Waals surface area (Å²) in [6, 6.07) is 18.4. The van der Waals surface area contributed by atoms with Crippen molar-refractivity contribution in [3.8, 4) is 0 Å². The van der Waals surface area contributed by atoms with Crippen LogP contribution in [0.2, 0.25) is 0 Å². The second-order valence-corrected chi connectivity index (χ2v) is 30.5. The van der Waals surface area contributed by atoms with E-state index in [0.717, 1.165) is 49.7 Å². The van der Waals surface area contributed by atoms with Crippen LogP contribution in [0, 0.1) is 0 Å². The van der Waals surface area contributed by atoms with Gasteiger partial charge in [0.15, 0.2) is 50.9 Å². The van der Waals surface area contributed by atoms with Gasteiger partial charge in [-0.05, 0) is 131 Å². The number of benzene rings is 2. The van der Waals surface area contributed by atoms with E-state index in [2.05, 4.69) is 83.1 Å². The minimum Gasteiger partial charge on any atom is -0.465 e. The van der Waals surface area contributed by atoms with Crippen LogP contribution in [0.4, 0.5) is 49.7 Å². The molecular weight excluding hydrogens is 1440 g/mol. The molecule has 3 fully saturated rings. The Labute approximate surface area is 656 Å². The van der Waals surface area contributed by atoms with Crippen LogP contribution in [0.3, 0.4) is 0 Å². The van der Waals surface area contributed by atoms with E-state index in [1.54, 1.807) is 47.1 Å². The standard InChI is InChI=1S/C31H42N6O5.C26H36N6O4.C23H36N6O5/c1-5-41-25(38)20-36-21-32-26-27(35-15-17-40-18-16-35)33-29(34-28(26)36)37(30(39)42-31(2,3)4)19-22-11-13-24(14-12-22)23-9-7-6-8-10-23;1-6-8-12-15-32(25(34)36-26(3,4)5)24-29-22(27-16-19-13-10-9-11-14-19)21-23(30-24)31(18-28-21)17-20(33)35-7-2;1-6-8-9-10-29(22(31)34-23(3,4)5)21-25-19(27-11-13-32-14-12-27)18-20(26-21)28(16-24-18)15-17(30)33-7-2/h11-14,21,23H,5-10,15-20H2,1-4H3;9-11,13-14,18H,6-8,12,15-17H2,1-5H3,(H,27,29,30);16H,6-15H2,1-5H3. The van der Waals surface area contributed by atoms with Crippen LogP contribution in [-0.4, -0.2) is 197 Å². The van der Waals surface area contributed by atoms with E-state index in [9.17, 15) is 28.8 Å². The van der Waals surface area contributed by atoms with E-state index in [-0.39, 0.29) is 69.8 Å². The van der Waals surface area contributed by atoms with Gasteiger partial charge in [-0.15, -0.1) is 0 Å². The summed E-state index contributed by atoms with van der Waals surface area (Å²) >= 11 is 0. The highest BCUT2D eigenvalue weighted by Gasteiger charge is 2.34. The molecular formula is C80H114N18O14. The highest BCUT2D eigenvalue weighted by Crippen LogP contribution is 2.35. The Morgan fingerprint density at radius 3 is 1.27 bits per heavy atom. The molecule has 2 aliphatic heterocycles. The number of carbonyl (C=O) groups is 6. The summed E-state index contributed by atoms with van der Waals surface area (Å²) in [7, 11) is 0. The molecule has 3 amide bonds. The third-order valence-corrected chi connectivity index (χ3v) is 18.0. The van der Waals surface area contributed by atoms with E-state index in [1.807, 2.05) is 92.6 Å². The van der Waals surface area contributed by atoms with Gasteiger partial charge in [-0.2, -0.15) is 29.9 Å². The largest absolute Gasteiger partial charge is 0.465 e. The fourth-order valence-corrected chi connectivity index (χ4v) is 12.7. The fraction of sp³-hybridized carbons (Fsp3) is 0.588. The lowest BCUT2D eigenvalue weighted by atomic mass is 9.84. The van der Waals surface area contributed by atoms with E-state index in [1.165, 1.54) is 58.7 Å². The number of hydrogen-bond acceptors (Lipinski definition) is 26. The van der Waals surface area contributed by atoms with Gasteiger partial charge >= 0.3 is 36.2 Å². The normalized spacial score (nSPS) is 14.2. The van der Waals surface area contributed by atoms with Gasteiger partial charge < -0.3 is 66.7 Å². The van der Waals surface area contributed by atoms with E-state index >= 15 is 0 Å². The average molecular weight is 1550 g/mol. The maximum absolute atomic E-state index is 13.7. The van der Waals surface area contributed by atoms with Crippen molar-refractivity contribution >= 4 is 105 Å². The number of nitrogens with one attached hydrogen (secondary N) is 1. The quantitative estimate of drug-likeness (QED) is 0.0270. The molecule has 0 bridgehead atoms. The zero-order valence-electron chi connectivity index (χ0n) is 67.8. The summed E-state index contributed by atoms with van der Waals surface area (Å²) in [5.74, 6) is 1.66. The minimum atomic E-state index is -0.719. The van der Waals surface area contributed by atoms with Gasteiger partial charge in [0.1, 0.15) is 36.4 Å². The minimum absolute atomic E-state index is 0.0361. The number of rotatable bonds is 28. The first-order chi connectivity index (χ1) is 53.7. The molecule has 32 heteroatoms. The lowest BCUT2D eigenvalue weighted by Crippen LogP contribution is -2.40. The molecule has 112 heavy (non-hydrogen) atoms. The van der Waals surface area contributed by atoms with Gasteiger partial charge in [-0.25, -0.2) is 44.0 Å². The number of morpholine rings is 2. The number of aromatic nitrogens is 12. The Balaban J connectivity index is 0.000000194. The van der Waals surface area contributed by atoms with Crippen molar-refractivity contribution in [2.45, 2.75) is 223 Å². The molecule has 1 N–H and O–H groups in total. The van der Waals surface area contributed by atoms with Crippen LogP contribution in [0.5, 0.6) is 0 Å². The predicted molar refractivity (Wildman–Crippen MR) is 427 cm³/mol. The Morgan fingerprint density at radius 1 is 0.464 bits per heavy atom. The number of imidazole rings is 3. The van der Waals surface area contributed by atoms with Gasteiger partial charge in [0.05, 0.1) is 71.8 Å². The topological polar surface area (TPSA) is 335 Å². The van der Waals surface area contributed by atoms with Crippen LogP contribution in [-0.2, 0) is 85.0 Å². The lowest BCUT2D eigenvalue weighted by Gasteiger charge is -2.30. The maximum Gasteiger partial charge on any atom is 0.417 e. The van der Waals surface area contributed by atoms with Crippen molar-refractivity contribution < 1.29 is 66.7 Å². The summed E-state index contributed by atoms with van der Waals surface area (Å²) in [4.78, 5) is 127. The van der Waals surface area contributed by atoms with Crippen molar-refractivity contribution in [3.05, 3.63) is 90.3 Å². The van der Waals surface area contributed by atoms with Crippen molar-refractivity contribution in [2.75, 3.05) is 115 Å². The maximum atomic E-state index is 13.7. The molecule has 11 rings (SSSR count). The van der Waals surface area contributed by atoms with Crippen LogP contribution >= 0.6 is 0 Å². The molecule has 1 saturated carbocycles. The number of unbranched alkanes of at least 4 members (excludes halogenated alkanes) is 4. The number of nitrogens with zero attached hydrogens (tertiary/aromatic N) is 17. The molecule has 8 aromatic rings. The first-order valence-corrected chi connectivity index (χ1v) is 39.4. The van der Waals surface area contributed by atoms with Crippen LogP contribution in [0.25, 0.3) is 33.5 Å². The van der Waals surface area contributed by atoms with Crippen molar-refractivity contribution in [2.24, 2.45) is 0 Å². The molecule has 6 aromatic heterocycles. The molecule has 1 aliphatic carbocycles. The number of fused-ring (bicyclic) bond motifs is 3. The average Bonchev–Trinajstić information content (AvgIpc) is 1.58. The predicted octanol–water partition coefficient (Wildman–Crippen LogP) is 13.3. The highest BCUT2D eigenvalue weighted by molar-refractivity contribution is 5.93. The Bertz CT molecular complexity index is 4380. The first-order valence-electron chi connectivity index (χ1n) is 39.4. The van der Waals surface area contributed by atoms with Gasteiger partial charge in [0.25, 0.3) is 0 Å². The summed E-state index contributed by atoms with van der Waals surface area (Å²) < 4.78 is 48.5. The number of anilines is 6. The summed E-state index contributed by atoms with van der Waals surface area (Å²) in [5.41, 5.74) is 4.22. The SMILES string of the molecule is CCCCCN(C(=O)OC(C)(C)C)c1nc(N2CCOCC2)c2ncn(CC(=O)OCC)c2n1.CCCCCN(C(=O)OC(C)(C)C)c1nc(NCc2ccccc2)c2ncn(CC(=O)OCC)c2n1.CCOC(=O)Cn1cnc2c(N3CCOCC3)nc(N(Cc3ccc(C4CCCCC4)cc3)C(=O)OC(C)(C)C)nc21. The van der Waals surface area contributed by atoms with E-state index < -0.39 is 47.0 Å². The number of ether oxygens (including phenoxy) is 8. The number of hydrogen-bond donors (Lipinski definition) is 1. The summed E-state index contributed by atoms with van der Waals surface area (Å²) in [6.07, 6.45) is 14.8. The monoisotopic (exact) mass is 1550 g/mol. The third-order valence-electron chi connectivity index (χ3n) is 18.0. The Hall–Kier alpha value is -10.4. The first kappa shape index (κ1) is 85.6. The van der Waals surface area contributed by atoms with Gasteiger partial charge in [-0.1, -0.05) is 113 Å². The molecule has 0 radical (unpaired) electrons. The van der Waals surface area contributed by atoms with E-state index in [0.29, 0.717) is 129 Å². The Morgan fingerprint density at radius 2 is 0.857 bits per heavy atom. The molecule has 608 valence electrons. The summed E-state index contributed by atoms with van der Waals surface area (Å²) in [6.45, 7) is 32.9. The van der Waals surface area contributed by atoms with Gasteiger partial charge in [0, 0.05) is 45.8 Å². The number of amides is 3. The molecule has 8 heterocycles. The highest BCUT2D eigenvalue weighted by atomic mass is 16.6. The van der Waals surface area contributed by atoms with Gasteiger partial charge in [0.2, 0.25) is 17.8 Å². The number of esters is 3. The van der Waals surface area contributed by atoms with Crippen LogP contribution in [0.15, 0.2) is 73.6 Å². The van der Waals surface area contributed by atoms with Crippen molar-refractivity contribution in [1.29, 1.82) is 0 Å². The van der Waals surface area contributed by atoms with Crippen LogP contribution in [0.1, 0.15) is 190 Å². The zero-order chi connectivity index (χ0) is 80.5. The molecule has 0 spiro atoms. The smallest absolute Gasteiger partial charge is 0.417 e. The molecule has 0 atom stereocenters. The Kier molecular flexibility index (Phi) is 31.1. The fourth-order valence-electron chi connectivity index (χ4n) is 12.7. The lowest BCUT2D eigenvalue weighted by molar-refractivity contribution is -0.144. The second-order valence-electron chi connectivity index (χ2n) is 30.5. The van der Waals surface area contributed by atoms with Crippen LogP contribution < -0.4 is 29.8 Å². The zero-order valence-corrected chi connectivity index (χ0v) is 67.8. The molecule has 32 nitrogen and oxygen atoms in total. The summed E-state index contributed by atoms with van der Waals surface area (Å²) in [5, 5.41) is 3.32. The molecule has 2 saturated heterocycles. The second kappa shape index (κ2) is 40.7. The van der Waals surface area contributed by atoms with E-state index in [4.69, 9.17) is 52.8 Å². The molecule has 2 aromatic carbocycles. The number of carbonyl (C=O) groups excluding carboxylic acids is 6. The third kappa shape index (κ3) is 24.8. The van der Waals surface area contributed by atoms with Crippen molar-refractivity contribution in [3.63, 3.8) is 0 Å².